The van der Waals surface area contributed by atoms with Gasteiger partial charge in [-0.1, -0.05) is 6.07 Å². The zero-order chi connectivity index (χ0) is 13.4. The maximum Gasteiger partial charge on any atom is 0.239 e. The predicted molar refractivity (Wildman–Crippen MR) is 69.4 cm³/mol. The van der Waals surface area contributed by atoms with Crippen molar-refractivity contribution in [2.75, 3.05) is 6.54 Å². The number of phenolic OH excluding ortho intramolecular Hbond substituents is 1. The number of fused-ring (bicyclic) bond motifs is 1. The van der Waals surface area contributed by atoms with Crippen LogP contribution in [0.3, 0.4) is 0 Å². The fourth-order valence-electron chi connectivity index (χ4n) is 2.96. The fraction of sp³-hybridized carbons (Fsp3) is 0.500. The lowest BCUT2D eigenvalue weighted by atomic mass is 9.95. The molecule has 5 heteroatoms. The fourth-order valence-corrected chi connectivity index (χ4v) is 2.96. The van der Waals surface area contributed by atoms with Crippen molar-refractivity contribution in [3.63, 3.8) is 0 Å². The van der Waals surface area contributed by atoms with Gasteiger partial charge in [0.2, 0.25) is 5.91 Å². The third-order valence-electron chi connectivity index (χ3n) is 4.00. The van der Waals surface area contributed by atoms with E-state index in [4.69, 9.17) is 0 Å². The molecule has 2 aliphatic heterocycles. The molecule has 2 heterocycles. The number of aliphatic hydroxyl groups excluding tert-OH is 1. The summed E-state index contributed by atoms with van der Waals surface area (Å²) >= 11 is 0. The van der Waals surface area contributed by atoms with Crippen LogP contribution in [0.1, 0.15) is 24.0 Å². The highest BCUT2D eigenvalue weighted by Crippen LogP contribution is 2.26. The molecule has 0 spiro atoms. The van der Waals surface area contributed by atoms with E-state index in [1.54, 1.807) is 12.1 Å². The summed E-state index contributed by atoms with van der Waals surface area (Å²) in [7, 11) is 0. The lowest BCUT2D eigenvalue weighted by Gasteiger charge is -2.37. The first kappa shape index (κ1) is 12.4. The van der Waals surface area contributed by atoms with Crippen LogP contribution in [0.4, 0.5) is 0 Å². The highest BCUT2D eigenvalue weighted by Gasteiger charge is 2.33. The number of benzene rings is 1. The van der Waals surface area contributed by atoms with Crippen LogP contribution >= 0.6 is 0 Å². The van der Waals surface area contributed by atoms with Gasteiger partial charge in [-0.15, -0.1) is 0 Å². The molecule has 3 N–H and O–H groups in total. The molecule has 0 saturated carbocycles. The van der Waals surface area contributed by atoms with E-state index < -0.39 is 6.23 Å². The van der Waals surface area contributed by atoms with E-state index >= 15 is 0 Å². The van der Waals surface area contributed by atoms with Crippen molar-refractivity contribution in [2.45, 2.75) is 38.1 Å². The Kier molecular flexibility index (Phi) is 3.16. The second-order valence-corrected chi connectivity index (χ2v) is 5.29. The standard InChI is InChI=1S/C14H18N2O3/c17-11-2-1-9-5-6-16(8-10(9)7-11)12-3-4-13(18)15-14(12)19/h1-2,7,12-13,17-18H,3-6,8H2,(H,15,19)/t12-,13?/m1/s1. The van der Waals surface area contributed by atoms with Gasteiger partial charge in [-0.05, 0) is 42.5 Å². The Morgan fingerprint density at radius 1 is 1.26 bits per heavy atom. The van der Waals surface area contributed by atoms with Crippen molar-refractivity contribution in [1.29, 1.82) is 0 Å². The average Bonchev–Trinajstić information content (AvgIpc) is 2.38. The molecule has 1 fully saturated rings. The number of amides is 1. The molecular formula is C14H18N2O3. The largest absolute Gasteiger partial charge is 0.508 e. The minimum atomic E-state index is -0.704. The van der Waals surface area contributed by atoms with E-state index in [0.29, 0.717) is 19.4 Å². The topological polar surface area (TPSA) is 72.8 Å². The Labute approximate surface area is 111 Å². The van der Waals surface area contributed by atoms with E-state index in [9.17, 15) is 15.0 Å². The van der Waals surface area contributed by atoms with Gasteiger partial charge in [-0.25, -0.2) is 0 Å². The van der Waals surface area contributed by atoms with Gasteiger partial charge in [0.1, 0.15) is 12.0 Å². The molecule has 5 nitrogen and oxygen atoms in total. The normalized spacial score (nSPS) is 27.7. The molecule has 1 aromatic rings. The first-order valence-electron chi connectivity index (χ1n) is 6.67. The first-order valence-corrected chi connectivity index (χ1v) is 6.67. The van der Waals surface area contributed by atoms with Gasteiger partial charge < -0.3 is 15.5 Å². The highest BCUT2D eigenvalue weighted by atomic mass is 16.3. The Morgan fingerprint density at radius 3 is 2.89 bits per heavy atom. The Hall–Kier alpha value is -1.59. The van der Waals surface area contributed by atoms with Gasteiger partial charge in [0.05, 0.1) is 6.04 Å². The molecule has 0 bridgehead atoms. The number of aromatic hydroxyl groups is 1. The van der Waals surface area contributed by atoms with Crippen LogP contribution in [-0.2, 0) is 17.8 Å². The third-order valence-corrected chi connectivity index (χ3v) is 4.00. The number of carbonyl (C=O) groups excluding carboxylic acids is 1. The minimum Gasteiger partial charge on any atom is -0.508 e. The van der Waals surface area contributed by atoms with Crippen LogP contribution in [0.2, 0.25) is 0 Å². The molecule has 0 aromatic heterocycles. The zero-order valence-electron chi connectivity index (χ0n) is 10.7. The van der Waals surface area contributed by atoms with Crippen LogP contribution in [0, 0.1) is 0 Å². The van der Waals surface area contributed by atoms with E-state index in [0.717, 1.165) is 18.5 Å². The summed E-state index contributed by atoms with van der Waals surface area (Å²) in [6, 6.07) is 5.26. The number of hydrogen-bond donors (Lipinski definition) is 3. The van der Waals surface area contributed by atoms with Gasteiger partial charge >= 0.3 is 0 Å². The van der Waals surface area contributed by atoms with Crippen LogP contribution in [-0.4, -0.2) is 39.8 Å². The quantitative estimate of drug-likeness (QED) is 0.683. The molecule has 1 unspecified atom stereocenters. The lowest BCUT2D eigenvalue weighted by molar-refractivity contribution is -0.133. The number of nitrogens with zero attached hydrogens (tertiary/aromatic N) is 1. The van der Waals surface area contributed by atoms with E-state index in [1.165, 1.54) is 5.56 Å². The summed E-state index contributed by atoms with van der Waals surface area (Å²) in [6.45, 7) is 1.52. The molecule has 2 aliphatic rings. The van der Waals surface area contributed by atoms with Crippen molar-refractivity contribution >= 4 is 5.91 Å². The van der Waals surface area contributed by atoms with Crippen molar-refractivity contribution in [3.05, 3.63) is 29.3 Å². The lowest BCUT2D eigenvalue weighted by Crippen LogP contribution is -2.54. The van der Waals surface area contributed by atoms with Gasteiger partial charge in [-0.3, -0.25) is 9.69 Å². The summed E-state index contributed by atoms with van der Waals surface area (Å²) in [5.74, 6) is 0.173. The molecule has 1 amide bonds. The van der Waals surface area contributed by atoms with Crippen LogP contribution in [0.15, 0.2) is 18.2 Å². The maximum absolute atomic E-state index is 11.9. The molecule has 0 radical (unpaired) electrons. The number of hydrogen-bond acceptors (Lipinski definition) is 4. The van der Waals surface area contributed by atoms with Crippen molar-refractivity contribution in [2.24, 2.45) is 0 Å². The number of carbonyl (C=O) groups is 1. The summed E-state index contributed by atoms with van der Waals surface area (Å²) in [6.07, 6.45) is 1.47. The van der Waals surface area contributed by atoms with Crippen molar-refractivity contribution < 1.29 is 15.0 Å². The molecule has 3 rings (SSSR count). The van der Waals surface area contributed by atoms with Crippen LogP contribution in [0.25, 0.3) is 0 Å². The molecule has 0 aliphatic carbocycles. The molecule has 1 saturated heterocycles. The summed E-state index contributed by atoms with van der Waals surface area (Å²) < 4.78 is 0. The van der Waals surface area contributed by atoms with Gasteiger partial charge in [0, 0.05) is 13.1 Å². The average molecular weight is 262 g/mol. The van der Waals surface area contributed by atoms with E-state index in [2.05, 4.69) is 10.2 Å². The van der Waals surface area contributed by atoms with E-state index in [1.807, 2.05) is 6.07 Å². The Morgan fingerprint density at radius 2 is 2.11 bits per heavy atom. The first-order chi connectivity index (χ1) is 9.13. The molecule has 19 heavy (non-hydrogen) atoms. The smallest absolute Gasteiger partial charge is 0.239 e. The monoisotopic (exact) mass is 262 g/mol. The Balaban J connectivity index is 1.76. The predicted octanol–water partition coefficient (Wildman–Crippen LogP) is 0.347. The highest BCUT2D eigenvalue weighted by molar-refractivity contribution is 5.82. The second-order valence-electron chi connectivity index (χ2n) is 5.29. The number of piperidine rings is 1. The molecule has 2 atom stereocenters. The van der Waals surface area contributed by atoms with E-state index in [-0.39, 0.29) is 17.7 Å². The minimum absolute atomic E-state index is 0.0950. The molecular weight excluding hydrogens is 244 g/mol. The maximum atomic E-state index is 11.9. The van der Waals surface area contributed by atoms with Gasteiger partial charge in [-0.2, -0.15) is 0 Å². The summed E-state index contributed by atoms with van der Waals surface area (Å²) in [5, 5.41) is 21.5. The summed E-state index contributed by atoms with van der Waals surface area (Å²) in [4.78, 5) is 14.0. The number of phenols is 1. The summed E-state index contributed by atoms with van der Waals surface area (Å²) in [5.41, 5.74) is 2.33. The van der Waals surface area contributed by atoms with Gasteiger partial charge in [0.25, 0.3) is 0 Å². The number of rotatable bonds is 1. The van der Waals surface area contributed by atoms with Gasteiger partial charge in [0.15, 0.2) is 0 Å². The molecule has 1 aromatic carbocycles. The third kappa shape index (κ3) is 2.43. The molecule has 102 valence electrons. The van der Waals surface area contributed by atoms with Crippen LogP contribution < -0.4 is 5.32 Å². The SMILES string of the molecule is O=C1NC(O)CC[C@H]1N1CCc2ccc(O)cc2C1. The zero-order valence-corrected chi connectivity index (χ0v) is 10.7. The van der Waals surface area contributed by atoms with Crippen molar-refractivity contribution in [3.8, 4) is 5.75 Å². The van der Waals surface area contributed by atoms with Crippen LogP contribution in [0.5, 0.6) is 5.75 Å². The second kappa shape index (κ2) is 4.83. The Bertz CT molecular complexity index is 503. The number of nitrogens with one attached hydrogen (secondary N) is 1. The van der Waals surface area contributed by atoms with Crippen molar-refractivity contribution in [1.82, 2.24) is 10.2 Å². The number of aliphatic hydroxyl groups is 1.